The first-order chi connectivity index (χ1) is 14.1. The van der Waals surface area contributed by atoms with E-state index in [0.29, 0.717) is 17.8 Å². The van der Waals surface area contributed by atoms with Crippen LogP contribution in [0.5, 0.6) is 0 Å². The van der Waals surface area contributed by atoms with Crippen molar-refractivity contribution in [2.75, 3.05) is 0 Å². The van der Waals surface area contributed by atoms with Gasteiger partial charge in [-0.1, -0.05) is 50.1 Å². The molecule has 4 rings (SSSR count). The Morgan fingerprint density at radius 2 is 1.87 bits per heavy atom. The Bertz CT molecular complexity index is 821. The average Bonchev–Trinajstić information content (AvgIpc) is 3.03. The lowest BCUT2D eigenvalue weighted by Gasteiger charge is -2.58. The van der Waals surface area contributed by atoms with E-state index in [1.807, 2.05) is 6.08 Å². The highest BCUT2D eigenvalue weighted by atomic mass is 16.5. The molecule has 0 aromatic rings. The monoisotopic (exact) mass is 412 g/mol. The Morgan fingerprint density at radius 3 is 2.57 bits per heavy atom. The lowest BCUT2D eigenvalue weighted by molar-refractivity contribution is -0.148. The molecule has 0 unspecified atom stereocenters. The first-order valence-electron chi connectivity index (χ1n) is 11.6. The van der Waals surface area contributed by atoms with Crippen LogP contribution in [0.1, 0.15) is 72.6 Å². The number of allylic oxidation sites excluding steroid dienone is 4. The van der Waals surface area contributed by atoms with Crippen LogP contribution in [0.3, 0.4) is 0 Å². The van der Waals surface area contributed by atoms with Crippen molar-refractivity contribution >= 4 is 11.9 Å². The Morgan fingerprint density at radius 1 is 1.13 bits per heavy atom. The molecule has 30 heavy (non-hydrogen) atoms. The molecule has 0 heterocycles. The Kier molecular flexibility index (Phi) is 5.48. The van der Waals surface area contributed by atoms with Gasteiger partial charge in [-0.25, -0.2) is 4.79 Å². The van der Waals surface area contributed by atoms with Crippen molar-refractivity contribution in [3.8, 4) is 0 Å². The maximum absolute atomic E-state index is 11.4. The number of ether oxygens (including phenoxy) is 1. The Hall–Kier alpha value is -1.84. The SMILES string of the molecule is CC(=O)O[C@H]1CC[C@@]2(C)C(=CC[C@@H]3[C@@H]2CC[C@]2(C)C([C@@H](C)/C=C/C(=O)O)=CC[C@@H]32)C1. The van der Waals surface area contributed by atoms with Gasteiger partial charge in [0, 0.05) is 19.4 Å². The molecule has 0 radical (unpaired) electrons. The second kappa shape index (κ2) is 7.69. The second-order valence-corrected chi connectivity index (χ2v) is 10.6. The van der Waals surface area contributed by atoms with Crippen LogP contribution >= 0.6 is 0 Å². The van der Waals surface area contributed by atoms with Crippen molar-refractivity contribution < 1.29 is 19.4 Å². The highest BCUT2D eigenvalue weighted by Gasteiger charge is 2.57. The molecule has 0 aliphatic heterocycles. The van der Waals surface area contributed by atoms with Gasteiger partial charge in [-0.15, -0.1) is 0 Å². The van der Waals surface area contributed by atoms with Crippen LogP contribution in [0.4, 0.5) is 0 Å². The second-order valence-electron chi connectivity index (χ2n) is 10.6. The molecule has 4 nitrogen and oxygen atoms in total. The van der Waals surface area contributed by atoms with E-state index in [2.05, 4.69) is 32.9 Å². The summed E-state index contributed by atoms with van der Waals surface area (Å²) in [6.45, 7) is 8.54. The summed E-state index contributed by atoms with van der Waals surface area (Å²) in [4.78, 5) is 22.4. The number of carbonyl (C=O) groups excluding carboxylic acids is 1. The van der Waals surface area contributed by atoms with Crippen LogP contribution in [-0.4, -0.2) is 23.1 Å². The van der Waals surface area contributed by atoms with Gasteiger partial charge in [0.15, 0.2) is 0 Å². The van der Waals surface area contributed by atoms with Gasteiger partial charge in [0.2, 0.25) is 0 Å². The fourth-order valence-corrected chi connectivity index (χ4v) is 7.60. The number of aliphatic carboxylic acids is 1. The summed E-state index contributed by atoms with van der Waals surface area (Å²) in [6.07, 6.45) is 15.8. The van der Waals surface area contributed by atoms with Crippen LogP contribution in [0.15, 0.2) is 35.5 Å². The highest BCUT2D eigenvalue weighted by Crippen LogP contribution is 2.65. The van der Waals surface area contributed by atoms with Crippen LogP contribution < -0.4 is 0 Å². The summed E-state index contributed by atoms with van der Waals surface area (Å²) in [5, 5.41) is 9.02. The summed E-state index contributed by atoms with van der Waals surface area (Å²) in [5.74, 6) is 1.18. The van der Waals surface area contributed by atoms with Crippen molar-refractivity contribution in [1.29, 1.82) is 0 Å². The van der Waals surface area contributed by atoms with E-state index in [1.165, 1.54) is 37.0 Å². The van der Waals surface area contributed by atoms with E-state index in [0.717, 1.165) is 32.1 Å². The van der Waals surface area contributed by atoms with Gasteiger partial charge in [0.25, 0.3) is 0 Å². The molecule has 0 spiro atoms. The van der Waals surface area contributed by atoms with E-state index < -0.39 is 5.97 Å². The molecule has 2 saturated carbocycles. The van der Waals surface area contributed by atoms with E-state index in [1.54, 1.807) is 0 Å². The molecule has 2 fully saturated rings. The van der Waals surface area contributed by atoms with Crippen LogP contribution in [0.25, 0.3) is 0 Å². The lowest BCUT2D eigenvalue weighted by Crippen LogP contribution is -2.50. The number of rotatable bonds is 4. The van der Waals surface area contributed by atoms with E-state index in [9.17, 15) is 9.59 Å². The first-order valence-corrected chi connectivity index (χ1v) is 11.6. The van der Waals surface area contributed by atoms with Gasteiger partial charge in [0.1, 0.15) is 6.10 Å². The molecule has 0 aromatic heterocycles. The number of esters is 1. The minimum Gasteiger partial charge on any atom is -0.478 e. The zero-order chi connectivity index (χ0) is 21.7. The molecule has 0 bridgehead atoms. The molecular weight excluding hydrogens is 376 g/mol. The summed E-state index contributed by atoms with van der Waals surface area (Å²) in [5.41, 5.74) is 3.38. The zero-order valence-electron chi connectivity index (χ0n) is 18.8. The first kappa shape index (κ1) is 21.4. The van der Waals surface area contributed by atoms with Gasteiger partial charge in [-0.05, 0) is 73.0 Å². The minimum atomic E-state index is -0.868. The predicted molar refractivity (Wildman–Crippen MR) is 117 cm³/mol. The van der Waals surface area contributed by atoms with Gasteiger partial charge in [-0.3, -0.25) is 4.79 Å². The molecule has 4 aliphatic rings. The molecule has 7 atom stereocenters. The van der Waals surface area contributed by atoms with Gasteiger partial charge < -0.3 is 9.84 Å². The number of fused-ring (bicyclic) bond motifs is 5. The van der Waals surface area contributed by atoms with Crippen molar-refractivity contribution in [3.63, 3.8) is 0 Å². The van der Waals surface area contributed by atoms with Gasteiger partial charge in [0.05, 0.1) is 0 Å². The zero-order valence-corrected chi connectivity index (χ0v) is 18.8. The Balaban J connectivity index is 1.54. The van der Waals surface area contributed by atoms with E-state index >= 15 is 0 Å². The molecule has 0 saturated heterocycles. The lowest BCUT2D eigenvalue weighted by atomic mass is 9.47. The highest BCUT2D eigenvalue weighted by molar-refractivity contribution is 5.79. The molecular formula is C26H36O4. The molecule has 0 aromatic carbocycles. The summed E-state index contributed by atoms with van der Waals surface area (Å²) >= 11 is 0. The topological polar surface area (TPSA) is 63.6 Å². The normalized spacial score (nSPS) is 41.2. The third kappa shape index (κ3) is 3.46. The van der Waals surface area contributed by atoms with Crippen molar-refractivity contribution in [3.05, 3.63) is 35.5 Å². The van der Waals surface area contributed by atoms with Crippen LogP contribution in [0.2, 0.25) is 0 Å². The predicted octanol–water partition coefficient (Wildman–Crippen LogP) is 5.69. The van der Waals surface area contributed by atoms with Crippen molar-refractivity contribution in [2.24, 2.45) is 34.5 Å². The summed E-state index contributed by atoms with van der Waals surface area (Å²) < 4.78 is 5.55. The minimum absolute atomic E-state index is 0.0499. The summed E-state index contributed by atoms with van der Waals surface area (Å²) in [6, 6.07) is 0. The smallest absolute Gasteiger partial charge is 0.327 e. The fourth-order valence-electron chi connectivity index (χ4n) is 7.60. The van der Waals surface area contributed by atoms with Crippen molar-refractivity contribution in [1.82, 2.24) is 0 Å². The van der Waals surface area contributed by atoms with Crippen LogP contribution in [-0.2, 0) is 14.3 Å². The van der Waals surface area contributed by atoms with Gasteiger partial charge in [-0.2, -0.15) is 0 Å². The molecule has 1 N–H and O–H groups in total. The van der Waals surface area contributed by atoms with Crippen LogP contribution in [0, 0.1) is 34.5 Å². The molecule has 4 aliphatic carbocycles. The maximum Gasteiger partial charge on any atom is 0.327 e. The number of carboxylic acids is 1. The third-order valence-electron chi connectivity index (χ3n) is 9.05. The number of hydrogen-bond acceptors (Lipinski definition) is 3. The Labute approximate surface area is 180 Å². The summed E-state index contributed by atoms with van der Waals surface area (Å²) in [7, 11) is 0. The number of carboxylic acid groups (broad SMARTS) is 1. The average molecular weight is 413 g/mol. The standard InChI is InChI=1S/C26H36O4/c1-16(5-10-24(28)29)21-8-9-22-20-7-6-18-15-19(30-17(2)27)11-13-25(18,3)23(20)12-14-26(21,22)4/h5-6,8,10,16,19-20,22-23H,7,9,11-15H2,1-4H3,(H,28,29)/b10-5+/t16-,19-,20-,22-,23-,25-,26+/m0/s1. The largest absolute Gasteiger partial charge is 0.478 e. The number of hydrogen-bond donors (Lipinski definition) is 1. The van der Waals surface area contributed by atoms with E-state index in [4.69, 9.17) is 9.84 Å². The van der Waals surface area contributed by atoms with Gasteiger partial charge >= 0.3 is 11.9 Å². The number of carbonyl (C=O) groups is 2. The molecule has 164 valence electrons. The maximum atomic E-state index is 11.4. The molecule has 4 heteroatoms. The molecule has 0 amide bonds. The quantitative estimate of drug-likeness (QED) is 0.366. The fraction of sp³-hybridized carbons (Fsp3) is 0.692. The van der Waals surface area contributed by atoms with Crippen molar-refractivity contribution in [2.45, 2.75) is 78.7 Å². The third-order valence-corrected chi connectivity index (χ3v) is 9.05. The van der Waals surface area contributed by atoms with E-state index in [-0.39, 0.29) is 28.8 Å².